The van der Waals surface area contributed by atoms with Gasteiger partial charge in [0.25, 0.3) is 0 Å². The molecule has 0 spiro atoms. The van der Waals surface area contributed by atoms with E-state index in [1.54, 1.807) is 0 Å². The molecule has 0 saturated heterocycles. The summed E-state index contributed by atoms with van der Waals surface area (Å²) in [7, 11) is 0. The Hall–Kier alpha value is 0.329. The molecule has 0 aromatic heterocycles. The van der Waals surface area contributed by atoms with Gasteiger partial charge in [0.05, 0.1) is 0 Å². The molecular weight excluding hydrogens is 356 g/mol. The van der Waals surface area contributed by atoms with Crippen LogP contribution in [-0.2, 0) is 0 Å². The van der Waals surface area contributed by atoms with Crippen molar-refractivity contribution in [1.29, 1.82) is 0 Å². The number of halogens is 3. The van der Waals surface area contributed by atoms with E-state index in [0.29, 0.717) is 0 Å². The maximum absolute atomic E-state index is 13.2. The third kappa shape index (κ3) is 6.54. The van der Waals surface area contributed by atoms with Crippen molar-refractivity contribution in [3.05, 3.63) is 10.2 Å². The molecule has 0 heterocycles. The quantitative estimate of drug-likeness (QED) is 0.377. The van der Waals surface area contributed by atoms with E-state index >= 15 is 0 Å². The SMILES string of the molecule is C=[C](C(F)(F)F)[Sn]([CH2]CCC)([CH2]CCC)[CH2]CCC. The van der Waals surface area contributed by atoms with Gasteiger partial charge in [0.15, 0.2) is 0 Å². The predicted molar refractivity (Wildman–Crippen MR) is 80.1 cm³/mol. The molecule has 19 heavy (non-hydrogen) atoms. The number of allylic oxidation sites excluding steroid dienone is 1. The number of rotatable bonds is 10. The van der Waals surface area contributed by atoms with Crippen LogP contribution in [0.2, 0.25) is 13.3 Å². The van der Waals surface area contributed by atoms with Crippen molar-refractivity contribution in [3.63, 3.8) is 0 Å². The number of hydrogen-bond acceptors (Lipinski definition) is 0. The second kappa shape index (κ2) is 9.30. The molecule has 0 aliphatic rings. The van der Waals surface area contributed by atoms with Gasteiger partial charge in [-0.15, -0.1) is 0 Å². The fourth-order valence-electron chi connectivity index (χ4n) is 2.67. The van der Waals surface area contributed by atoms with E-state index in [1.807, 2.05) is 0 Å². The van der Waals surface area contributed by atoms with E-state index < -0.39 is 24.6 Å². The van der Waals surface area contributed by atoms with Crippen molar-refractivity contribution < 1.29 is 13.2 Å². The first-order valence-electron chi connectivity index (χ1n) is 7.60. The second-order valence-electron chi connectivity index (χ2n) is 5.57. The first-order valence-corrected chi connectivity index (χ1v) is 15.1. The predicted octanol–water partition coefficient (Wildman–Crippen LogP) is 6.49. The van der Waals surface area contributed by atoms with Gasteiger partial charge in [0.1, 0.15) is 0 Å². The molecule has 0 amide bonds. The van der Waals surface area contributed by atoms with Crippen LogP contribution in [-0.4, -0.2) is 24.6 Å². The molecule has 0 fully saturated rings. The van der Waals surface area contributed by atoms with Crippen LogP contribution in [0, 0.1) is 0 Å². The number of alkyl halides is 3. The van der Waals surface area contributed by atoms with Gasteiger partial charge in [-0.05, 0) is 0 Å². The minimum absolute atomic E-state index is 0.280. The van der Waals surface area contributed by atoms with Crippen molar-refractivity contribution in [1.82, 2.24) is 0 Å². The van der Waals surface area contributed by atoms with Crippen LogP contribution < -0.4 is 0 Å². The summed E-state index contributed by atoms with van der Waals surface area (Å²) in [6, 6.07) is 0. The molecule has 0 rings (SSSR count). The van der Waals surface area contributed by atoms with Crippen LogP contribution in [0.1, 0.15) is 59.3 Å². The van der Waals surface area contributed by atoms with E-state index in [4.69, 9.17) is 0 Å². The second-order valence-corrected chi connectivity index (χ2v) is 18.9. The van der Waals surface area contributed by atoms with Gasteiger partial charge in [0, 0.05) is 0 Å². The molecule has 0 nitrogen and oxygen atoms in total. The van der Waals surface area contributed by atoms with Crippen LogP contribution in [0.4, 0.5) is 13.2 Å². The van der Waals surface area contributed by atoms with Crippen molar-refractivity contribution >= 4 is 18.4 Å². The standard InChI is InChI=1S/3C4H9.C3H2F3.Sn/c3*1-3-4-2;1-2-3(4,5)6;/h3*1,3-4H2,2H3;1H2;. The average molecular weight is 385 g/mol. The molecule has 0 aromatic carbocycles. The Balaban J connectivity index is 5.13. The molecule has 0 radical (unpaired) electrons. The molecule has 114 valence electrons. The van der Waals surface area contributed by atoms with Gasteiger partial charge in [-0.25, -0.2) is 0 Å². The summed E-state index contributed by atoms with van der Waals surface area (Å²) in [5.74, 6) is 0. The molecule has 4 heteroatoms. The summed E-state index contributed by atoms with van der Waals surface area (Å²) in [6.45, 7) is 9.71. The Morgan fingerprint density at radius 2 is 1.16 bits per heavy atom. The van der Waals surface area contributed by atoms with Crippen molar-refractivity contribution in [2.45, 2.75) is 78.8 Å². The summed E-state index contributed by atoms with van der Waals surface area (Å²) in [6.07, 6.45) is 1.63. The summed E-state index contributed by atoms with van der Waals surface area (Å²) < 4.78 is 41.8. The van der Waals surface area contributed by atoms with Crippen molar-refractivity contribution in [2.24, 2.45) is 0 Å². The Morgan fingerprint density at radius 3 is 1.37 bits per heavy atom. The van der Waals surface area contributed by atoms with Gasteiger partial charge in [-0.1, -0.05) is 0 Å². The molecule has 0 aliphatic carbocycles. The van der Waals surface area contributed by atoms with Gasteiger partial charge < -0.3 is 0 Å². The summed E-state index contributed by atoms with van der Waals surface area (Å²) >= 11 is -3.28. The van der Waals surface area contributed by atoms with E-state index in [0.717, 1.165) is 51.8 Å². The monoisotopic (exact) mass is 386 g/mol. The number of unbranched alkanes of at least 4 members (excludes halogenated alkanes) is 3. The first-order chi connectivity index (χ1) is 8.84. The zero-order valence-electron chi connectivity index (χ0n) is 12.7. The molecule has 0 bridgehead atoms. The summed E-state index contributed by atoms with van der Waals surface area (Å²) in [5.41, 5.74) is 0. The van der Waals surface area contributed by atoms with Crippen LogP contribution in [0.15, 0.2) is 10.2 Å². The van der Waals surface area contributed by atoms with Crippen LogP contribution in [0.25, 0.3) is 0 Å². The van der Waals surface area contributed by atoms with Crippen LogP contribution in [0.3, 0.4) is 0 Å². The third-order valence-electron chi connectivity index (χ3n) is 4.01. The van der Waals surface area contributed by atoms with E-state index in [2.05, 4.69) is 27.4 Å². The molecule has 0 aromatic rings. The Morgan fingerprint density at radius 1 is 0.842 bits per heavy atom. The van der Waals surface area contributed by atoms with Crippen molar-refractivity contribution in [3.8, 4) is 0 Å². The average Bonchev–Trinajstić information content (AvgIpc) is 2.36. The molecule has 0 aliphatic heterocycles. The van der Waals surface area contributed by atoms with Crippen LogP contribution in [0.5, 0.6) is 0 Å². The first kappa shape index (κ1) is 19.3. The van der Waals surface area contributed by atoms with Crippen LogP contribution >= 0.6 is 0 Å². The molecule has 0 unspecified atom stereocenters. The Kier molecular flexibility index (Phi) is 9.46. The zero-order valence-corrected chi connectivity index (χ0v) is 15.6. The molecule has 0 N–H and O–H groups in total. The van der Waals surface area contributed by atoms with Gasteiger partial charge in [0.2, 0.25) is 0 Å². The zero-order chi connectivity index (χ0) is 14.9. The van der Waals surface area contributed by atoms with Gasteiger partial charge >= 0.3 is 120 Å². The summed E-state index contributed by atoms with van der Waals surface area (Å²) in [4.78, 5) is 0. The minimum atomic E-state index is -4.16. The van der Waals surface area contributed by atoms with Gasteiger partial charge in [-0.3, -0.25) is 0 Å². The number of hydrogen-bond donors (Lipinski definition) is 0. The fourth-order valence-corrected chi connectivity index (χ4v) is 17.9. The Bertz CT molecular complexity index is 237. The summed E-state index contributed by atoms with van der Waals surface area (Å²) in [5, 5.41) is 0. The van der Waals surface area contributed by atoms with E-state index in [9.17, 15) is 13.2 Å². The maximum atomic E-state index is 13.2. The van der Waals surface area contributed by atoms with E-state index in [-0.39, 0.29) is 3.59 Å². The fraction of sp³-hybridized carbons (Fsp3) is 0.867. The topological polar surface area (TPSA) is 0 Å². The normalized spacial score (nSPS) is 12.7. The molecular formula is C15H29F3Sn. The third-order valence-corrected chi connectivity index (χ3v) is 19.7. The van der Waals surface area contributed by atoms with Gasteiger partial charge in [-0.2, -0.15) is 0 Å². The van der Waals surface area contributed by atoms with Crippen molar-refractivity contribution in [2.75, 3.05) is 0 Å². The molecule has 0 atom stereocenters. The van der Waals surface area contributed by atoms with E-state index in [1.165, 1.54) is 0 Å². The Labute approximate surface area is 120 Å². The molecule has 0 saturated carbocycles.